The molecule has 3 nitrogen and oxygen atoms in total. The first-order valence-corrected chi connectivity index (χ1v) is 6.84. The maximum atomic E-state index is 13.7. The lowest BCUT2D eigenvalue weighted by molar-refractivity contribution is 0.249. The molecule has 1 aliphatic rings. The molecular weight excluding hydrogens is 243 g/mol. The second kappa shape index (κ2) is 5.88. The van der Waals surface area contributed by atoms with Gasteiger partial charge in [-0.05, 0) is 37.0 Å². The largest absolute Gasteiger partial charge is 0.494 e. The molecule has 3 unspecified atom stereocenters. The van der Waals surface area contributed by atoms with Crippen LogP contribution in [0.5, 0.6) is 5.75 Å². The number of hydrogen-bond donors (Lipinski definition) is 1. The first-order chi connectivity index (χ1) is 9.01. The number of halogens is 1. The number of rotatable bonds is 4. The Morgan fingerprint density at radius 2 is 2.21 bits per heavy atom. The zero-order valence-corrected chi connectivity index (χ0v) is 11.9. The van der Waals surface area contributed by atoms with Gasteiger partial charge in [0.1, 0.15) is 0 Å². The molecule has 106 valence electrons. The highest BCUT2D eigenvalue weighted by molar-refractivity contribution is 5.31. The van der Waals surface area contributed by atoms with E-state index in [0.29, 0.717) is 6.04 Å². The fourth-order valence-electron chi connectivity index (χ4n) is 2.91. The number of hydrogen-bond acceptors (Lipinski definition) is 3. The van der Waals surface area contributed by atoms with Crippen LogP contribution in [0, 0.1) is 11.7 Å². The quantitative estimate of drug-likeness (QED) is 0.910. The van der Waals surface area contributed by atoms with Gasteiger partial charge in [-0.2, -0.15) is 0 Å². The van der Waals surface area contributed by atoms with Crippen LogP contribution in [0.25, 0.3) is 0 Å². The van der Waals surface area contributed by atoms with Crippen LogP contribution in [0.4, 0.5) is 4.39 Å². The van der Waals surface area contributed by atoms with Crippen molar-refractivity contribution in [3.63, 3.8) is 0 Å². The van der Waals surface area contributed by atoms with E-state index in [-0.39, 0.29) is 17.6 Å². The van der Waals surface area contributed by atoms with Crippen molar-refractivity contribution in [3.05, 3.63) is 29.6 Å². The molecule has 1 fully saturated rings. The van der Waals surface area contributed by atoms with Crippen LogP contribution in [-0.2, 0) is 0 Å². The van der Waals surface area contributed by atoms with Gasteiger partial charge in [0.25, 0.3) is 0 Å². The molecule has 0 aliphatic carbocycles. The Morgan fingerprint density at radius 3 is 2.74 bits per heavy atom. The number of nitrogens with zero attached hydrogens (tertiary/aromatic N) is 1. The molecular formula is C15H23FN2O. The Labute approximate surface area is 114 Å². The minimum absolute atomic E-state index is 0.159. The van der Waals surface area contributed by atoms with E-state index in [0.717, 1.165) is 24.6 Å². The predicted molar refractivity (Wildman–Crippen MR) is 74.7 cm³/mol. The predicted octanol–water partition coefficient (Wildman–Crippen LogP) is 2.56. The lowest BCUT2D eigenvalue weighted by atomic mass is 10.1. The van der Waals surface area contributed by atoms with E-state index in [1.54, 1.807) is 6.07 Å². The fraction of sp³-hybridized carbons (Fsp3) is 0.600. The van der Waals surface area contributed by atoms with Gasteiger partial charge < -0.3 is 10.5 Å². The molecule has 0 aromatic heterocycles. The standard InChI is InChI=1S/C15H23FN2O/c1-10-6-11(2)18(8-10)9-14(17)12-4-5-15(19-3)13(16)7-12/h4-5,7,10-11,14H,6,8-9,17H2,1-3H3. The van der Waals surface area contributed by atoms with E-state index >= 15 is 0 Å². The van der Waals surface area contributed by atoms with Gasteiger partial charge in [-0.25, -0.2) is 4.39 Å². The Bertz CT molecular complexity index is 438. The van der Waals surface area contributed by atoms with Crippen LogP contribution in [0.3, 0.4) is 0 Å². The second-order valence-corrected chi connectivity index (χ2v) is 5.64. The van der Waals surface area contributed by atoms with Crippen molar-refractivity contribution in [2.24, 2.45) is 11.7 Å². The summed E-state index contributed by atoms with van der Waals surface area (Å²) < 4.78 is 18.6. The highest BCUT2D eigenvalue weighted by Crippen LogP contribution is 2.26. The fourth-order valence-corrected chi connectivity index (χ4v) is 2.91. The summed E-state index contributed by atoms with van der Waals surface area (Å²) in [6, 6.07) is 5.36. The monoisotopic (exact) mass is 266 g/mol. The number of benzene rings is 1. The zero-order valence-electron chi connectivity index (χ0n) is 11.9. The third kappa shape index (κ3) is 3.25. The van der Waals surface area contributed by atoms with Crippen molar-refractivity contribution in [3.8, 4) is 5.75 Å². The molecule has 1 saturated heterocycles. The SMILES string of the molecule is COc1ccc(C(N)CN2CC(C)CC2C)cc1F. The summed E-state index contributed by atoms with van der Waals surface area (Å²) in [7, 11) is 1.46. The summed E-state index contributed by atoms with van der Waals surface area (Å²) in [6.45, 7) is 6.34. The van der Waals surface area contributed by atoms with Crippen molar-refractivity contribution in [2.75, 3.05) is 20.2 Å². The van der Waals surface area contributed by atoms with Crippen LogP contribution in [0.15, 0.2) is 18.2 Å². The Balaban J connectivity index is 2.03. The summed E-state index contributed by atoms with van der Waals surface area (Å²) in [5.74, 6) is 0.632. The molecule has 0 radical (unpaired) electrons. The Hall–Kier alpha value is -1.13. The van der Waals surface area contributed by atoms with Gasteiger partial charge in [0.15, 0.2) is 11.6 Å². The Kier molecular flexibility index (Phi) is 4.42. The Morgan fingerprint density at radius 1 is 1.47 bits per heavy atom. The first-order valence-electron chi connectivity index (χ1n) is 6.84. The molecule has 4 heteroatoms. The lowest BCUT2D eigenvalue weighted by Gasteiger charge is -2.25. The third-order valence-electron chi connectivity index (χ3n) is 3.95. The van der Waals surface area contributed by atoms with Crippen LogP contribution in [-0.4, -0.2) is 31.1 Å². The first kappa shape index (κ1) is 14.3. The smallest absolute Gasteiger partial charge is 0.165 e. The number of methoxy groups -OCH3 is 1. The van der Waals surface area contributed by atoms with E-state index in [1.807, 2.05) is 6.07 Å². The molecule has 0 bridgehead atoms. The van der Waals surface area contributed by atoms with Crippen LogP contribution >= 0.6 is 0 Å². The molecule has 0 saturated carbocycles. The van der Waals surface area contributed by atoms with Crippen LogP contribution < -0.4 is 10.5 Å². The maximum Gasteiger partial charge on any atom is 0.165 e. The van der Waals surface area contributed by atoms with Crippen LogP contribution in [0.2, 0.25) is 0 Å². The minimum Gasteiger partial charge on any atom is -0.494 e. The second-order valence-electron chi connectivity index (χ2n) is 5.64. The molecule has 1 heterocycles. The molecule has 0 amide bonds. The van der Waals surface area contributed by atoms with Crippen molar-refractivity contribution >= 4 is 0 Å². The van der Waals surface area contributed by atoms with Crippen molar-refractivity contribution < 1.29 is 9.13 Å². The topological polar surface area (TPSA) is 38.5 Å². The van der Waals surface area contributed by atoms with Crippen molar-refractivity contribution in [1.29, 1.82) is 0 Å². The average molecular weight is 266 g/mol. The minimum atomic E-state index is -0.349. The summed E-state index contributed by atoms with van der Waals surface area (Å²) >= 11 is 0. The summed E-state index contributed by atoms with van der Waals surface area (Å²) in [4.78, 5) is 2.39. The average Bonchev–Trinajstić information content (AvgIpc) is 2.67. The van der Waals surface area contributed by atoms with Gasteiger partial charge in [-0.3, -0.25) is 4.90 Å². The van der Waals surface area contributed by atoms with E-state index in [1.165, 1.54) is 19.6 Å². The lowest BCUT2D eigenvalue weighted by Crippen LogP contribution is -2.34. The van der Waals surface area contributed by atoms with Gasteiger partial charge in [-0.1, -0.05) is 13.0 Å². The molecule has 1 aliphatic heterocycles. The van der Waals surface area contributed by atoms with Gasteiger partial charge in [0, 0.05) is 25.2 Å². The summed E-state index contributed by atoms with van der Waals surface area (Å²) in [5.41, 5.74) is 7.02. The van der Waals surface area contributed by atoms with E-state index < -0.39 is 0 Å². The van der Waals surface area contributed by atoms with Crippen molar-refractivity contribution in [1.82, 2.24) is 4.90 Å². The van der Waals surface area contributed by atoms with Crippen LogP contribution in [0.1, 0.15) is 31.9 Å². The zero-order chi connectivity index (χ0) is 14.0. The normalized spacial score (nSPS) is 25.5. The summed E-state index contributed by atoms with van der Waals surface area (Å²) in [6.07, 6.45) is 1.21. The van der Waals surface area contributed by atoms with Gasteiger partial charge in [0.2, 0.25) is 0 Å². The van der Waals surface area contributed by atoms with Gasteiger partial charge in [0.05, 0.1) is 7.11 Å². The maximum absolute atomic E-state index is 13.7. The number of ether oxygens (including phenoxy) is 1. The van der Waals surface area contributed by atoms with E-state index in [4.69, 9.17) is 10.5 Å². The molecule has 3 atom stereocenters. The molecule has 2 rings (SSSR count). The van der Waals surface area contributed by atoms with E-state index in [2.05, 4.69) is 18.7 Å². The van der Waals surface area contributed by atoms with Gasteiger partial charge in [-0.15, -0.1) is 0 Å². The summed E-state index contributed by atoms with van der Waals surface area (Å²) in [5, 5.41) is 0. The highest BCUT2D eigenvalue weighted by atomic mass is 19.1. The van der Waals surface area contributed by atoms with Gasteiger partial charge >= 0.3 is 0 Å². The molecule has 19 heavy (non-hydrogen) atoms. The highest BCUT2D eigenvalue weighted by Gasteiger charge is 2.27. The number of nitrogens with two attached hydrogens (primary N) is 1. The van der Waals surface area contributed by atoms with Crippen molar-refractivity contribution in [2.45, 2.75) is 32.4 Å². The van der Waals surface area contributed by atoms with E-state index in [9.17, 15) is 4.39 Å². The third-order valence-corrected chi connectivity index (χ3v) is 3.95. The molecule has 2 N–H and O–H groups in total. The molecule has 1 aromatic carbocycles. The number of likely N-dealkylation sites (tertiary alicyclic amines) is 1. The molecule has 1 aromatic rings. The molecule has 0 spiro atoms.